The third kappa shape index (κ3) is 2.16. The predicted molar refractivity (Wildman–Crippen MR) is 82.9 cm³/mol. The second-order valence-electron chi connectivity index (χ2n) is 4.79. The van der Waals surface area contributed by atoms with E-state index in [-0.39, 0.29) is 24.1 Å². The summed E-state index contributed by atoms with van der Waals surface area (Å²) in [5.41, 5.74) is 1.58. The van der Waals surface area contributed by atoms with Crippen molar-refractivity contribution in [2.45, 2.75) is 25.4 Å². The van der Waals surface area contributed by atoms with Crippen molar-refractivity contribution in [2.75, 3.05) is 0 Å². The Morgan fingerprint density at radius 1 is 1.30 bits per heavy atom. The van der Waals surface area contributed by atoms with Crippen molar-refractivity contribution in [1.82, 2.24) is 10.2 Å². The van der Waals surface area contributed by atoms with Crippen LogP contribution in [0.3, 0.4) is 0 Å². The number of hydrogen-bond donors (Lipinski definition) is 1. The maximum atomic E-state index is 12.4. The van der Waals surface area contributed by atoms with Crippen LogP contribution in [0.4, 0.5) is 0 Å². The molecule has 0 spiro atoms. The zero-order valence-electron chi connectivity index (χ0n) is 10.3. The second kappa shape index (κ2) is 5.10. The summed E-state index contributed by atoms with van der Waals surface area (Å²) >= 11 is 5.63. The third-order valence-electron chi connectivity index (χ3n) is 3.60. The highest BCUT2D eigenvalue weighted by molar-refractivity contribution is 14.1. The molecule has 20 heavy (non-hydrogen) atoms. The average molecular weight is 449 g/mol. The zero-order chi connectivity index (χ0) is 14.4. The number of fused-ring (bicyclic) bond motifs is 1. The molecule has 1 aromatic rings. The number of carbonyl (C=O) groups excluding carboxylic acids is 3. The van der Waals surface area contributed by atoms with Crippen LogP contribution in [0.25, 0.3) is 0 Å². The lowest BCUT2D eigenvalue weighted by atomic mass is 10.0. The molecule has 1 saturated heterocycles. The van der Waals surface area contributed by atoms with Gasteiger partial charge in [0.25, 0.3) is 5.91 Å². The van der Waals surface area contributed by atoms with Crippen LogP contribution in [-0.2, 0) is 16.1 Å². The van der Waals surface area contributed by atoms with Gasteiger partial charge in [0.2, 0.25) is 11.8 Å². The lowest BCUT2D eigenvalue weighted by Crippen LogP contribution is -2.52. The summed E-state index contributed by atoms with van der Waals surface area (Å²) in [4.78, 5) is 37.1. The van der Waals surface area contributed by atoms with Gasteiger partial charge in [0.05, 0.1) is 0 Å². The first kappa shape index (κ1) is 14.0. The van der Waals surface area contributed by atoms with E-state index in [4.69, 9.17) is 0 Å². The van der Waals surface area contributed by atoms with E-state index >= 15 is 0 Å². The molecular formula is C13H10BrIN2O3. The molecule has 1 aromatic carbocycles. The number of carbonyl (C=O) groups is 3. The molecule has 2 aliphatic rings. The Hall–Kier alpha value is -0.960. The lowest BCUT2D eigenvalue weighted by molar-refractivity contribution is -0.136. The summed E-state index contributed by atoms with van der Waals surface area (Å²) in [6.45, 7) is 0.415. The van der Waals surface area contributed by atoms with Gasteiger partial charge in [-0.15, -0.1) is 0 Å². The summed E-state index contributed by atoms with van der Waals surface area (Å²) in [5.74, 6) is -0.788. The maximum Gasteiger partial charge on any atom is 0.255 e. The van der Waals surface area contributed by atoms with Gasteiger partial charge in [-0.25, -0.2) is 0 Å². The second-order valence-corrected chi connectivity index (χ2v) is 6.72. The highest BCUT2D eigenvalue weighted by atomic mass is 127. The number of imide groups is 1. The van der Waals surface area contributed by atoms with Gasteiger partial charge in [0.15, 0.2) is 0 Å². The number of rotatable bonds is 1. The van der Waals surface area contributed by atoms with Crippen LogP contribution >= 0.6 is 38.5 Å². The van der Waals surface area contributed by atoms with E-state index in [1.807, 2.05) is 6.07 Å². The van der Waals surface area contributed by atoms with Gasteiger partial charge in [-0.3, -0.25) is 19.7 Å². The number of nitrogens with zero attached hydrogens (tertiary/aromatic N) is 1. The summed E-state index contributed by atoms with van der Waals surface area (Å²) in [6, 6.07) is 3.06. The molecule has 104 valence electrons. The Kier molecular flexibility index (Phi) is 3.57. The molecule has 1 atom stereocenters. The molecule has 2 heterocycles. The van der Waals surface area contributed by atoms with E-state index in [0.29, 0.717) is 18.5 Å². The molecule has 0 bridgehead atoms. The molecule has 2 aliphatic heterocycles. The normalized spacial score (nSPS) is 22.0. The van der Waals surface area contributed by atoms with Crippen molar-refractivity contribution in [2.24, 2.45) is 0 Å². The summed E-state index contributed by atoms with van der Waals surface area (Å²) in [5, 5.41) is 2.30. The third-order valence-corrected chi connectivity index (χ3v) is 6.24. The standard InChI is InChI=1S/C13H10BrIN2O3/c14-8-2-1-6-7(11(8)15)5-17(13(6)20)9-3-4-10(18)16-12(9)19/h1-2,9H,3-5H2,(H,16,18,19). The quantitative estimate of drug-likeness (QED) is 0.526. The highest BCUT2D eigenvalue weighted by Crippen LogP contribution is 2.33. The maximum absolute atomic E-state index is 12.4. The van der Waals surface area contributed by atoms with Crippen molar-refractivity contribution in [3.63, 3.8) is 0 Å². The minimum Gasteiger partial charge on any atom is -0.322 e. The van der Waals surface area contributed by atoms with E-state index in [1.165, 1.54) is 0 Å². The fourth-order valence-corrected chi connectivity index (χ4v) is 3.59. The van der Waals surface area contributed by atoms with E-state index in [1.54, 1.807) is 11.0 Å². The van der Waals surface area contributed by atoms with E-state index in [2.05, 4.69) is 43.8 Å². The topological polar surface area (TPSA) is 66.5 Å². The predicted octanol–water partition coefficient (Wildman–Crippen LogP) is 1.81. The molecule has 5 nitrogen and oxygen atoms in total. The summed E-state index contributed by atoms with van der Waals surface area (Å²) < 4.78 is 1.93. The Morgan fingerprint density at radius 2 is 2.05 bits per heavy atom. The first-order valence-corrected chi connectivity index (χ1v) is 7.97. The number of benzene rings is 1. The first-order valence-electron chi connectivity index (χ1n) is 6.10. The van der Waals surface area contributed by atoms with E-state index in [0.717, 1.165) is 13.6 Å². The number of amides is 3. The van der Waals surface area contributed by atoms with Gasteiger partial charge < -0.3 is 4.90 Å². The number of nitrogens with one attached hydrogen (secondary N) is 1. The van der Waals surface area contributed by atoms with Crippen LogP contribution in [-0.4, -0.2) is 28.7 Å². The molecule has 0 radical (unpaired) electrons. The van der Waals surface area contributed by atoms with Crippen LogP contribution in [0.2, 0.25) is 0 Å². The Labute approximate surface area is 137 Å². The molecule has 1 fully saturated rings. The van der Waals surface area contributed by atoms with Crippen LogP contribution in [0.15, 0.2) is 16.6 Å². The van der Waals surface area contributed by atoms with Gasteiger partial charge >= 0.3 is 0 Å². The van der Waals surface area contributed by atoms with Crippen molar-refractivity contribution >= 4 is 56.2 Å². The monoisotopic (exact) mass is 448 g/mol. The van der Waals surface area contributed by atoms with Gasteiger partial charge in [-0.05, 0) is 62.6 Å². The summed E-state index contributed by atoms with van der Waals surface area (Å²) in [6.07, 6.45) is 0.666. The SMILES string of the molecule is O=C1CCC(N2Cc3c(ccc(Br)c3I)C2=O)C(=O)N1. The Balaban J connectivity index is 1.92. The van der Waals surface area contributed by atoms with Gasteiger partial charge in [0.1, 0.15) is 6.04 Å². The molecule has 3 amide bonds. The van der Waals surface area contributed by atoms with Crippen LogP contribution < -0.4 is 5.32 Å². The van der Waals surface area contributed by atoms with Crippen molar-refractivity contribution < 1.29 is 14.4 Å². The molecule has 7 heteroatoms. The lowest BCUT2D eigenvalue weighted by Gasteiger charge is -2.29. The van der Waals surface area contributed by atoms with Gasteiger partial charge in [-0.1, -0.05) is 0 Å². The van der Waals surface area contributed by atoms with Crippen molar-refractivity contribution in [3.05, 3.63) is 31.3 Å². The molecule has 3 rings (SSSR count). The molecular weight excluding hydrogens is 439 g/mol. The average Bonchev–Trinajstić information content (AvgIpc) is 2.72. The van der Waals surface area contributed by atoms with E-state index < -0.39 is 6.04 Å². The molecule has 0 aliphatic carbocycles. The van der Waals surface area contributed by atoms with Gasteiger partial charge in [-0.2, -0.15) is 0 Å². The smallest absolute Gasteiger partial charge is 0.255 e. The first-order chi connectivity index (χ1) is 9.49. The molecule has 1 N–H and O–H groups in total. The van der Waals surface area contributed by atoms with Crippen LogP contribution in [0.5, 0.6) is 0 Å². The molecule has 1 unspecified atom stereocenters. The minimum atomic E-state index is -0.554. The van der Waals surface area contributed by atoms with Crippen LogP contribution in [0, 0.1) is 3.57 Å². The fraction of sp³-hybridized carbons (Fsp3) is 0.308. The number of piperidine rings is 1. The molecule has 0 aromatic heterocycles. The fourth-order valence-electron chi connectivity index (χ4n) is 2.58. The van der Waals surface area contributed by atoms with Crippen LogP contribution in [0.1, 0.15) is 28.8 Å². The minimum absolute atomic E-state index is 0.139. The number of halogens is 2. The van der Waals surface area contributed by atoms with Crippen molar-refractivity contribution in [3.8, 4) is 0 Å². The number of hydrogen-bond acceptors (Lipinski definition) is 3. The van der Waals surface area contributed by atoms with E-state index in [9.17, 15) is 14.4 Å². The summed E-state index contributed by atoms with van der Waals surface area (Å²) in [7, 11) is 0. The largest absolute Gasteiger partial charge is 0.322 e. The highest BCUT2D eigenvalue weighted by Gasteiger charge is 2.39. The Bertz CT molecular complexity index is 647. The van der Waals surface area contributed by atoms with Gasteiger partial charge in [0, 0.05) is 26.6 Å². The zero-order valence-corrected chi connectivity index (χ0v) is 14.0. The van der Waals surface area contributed by atoms with Crippen molar-refractivity contribution in [1.29, 1.82) is 0 Å². The Morgan fingerprint density at radius 3 is 2.75 bits per heavy atom. The molecule has 0 saturated carbocycles.